The first-order valence-corrected chi connectivity index (χ1v) is 8.39. The average molecular weight is 286 g/mol. The summed E-state index contributed by atoms with van der Waals surface area (Å²) < 4.78 is 23.5. The zero-order chi connectivity index (χ0) is 13.3. The van der Waals surface area contributed by atoms with Crippen LogP contribution in [0.3, 0.4) is 0 Å². The van der Waals surface area contributed by atoms with Crippen molar-refractivity contribution in [2.45, 2.75) is 32.6 Å². The van der Waals surface area contributed by atoms with Gasteiger partial charge in [-0.1, -0.05) is 26.1 Å². The highest BCUT2D eigenvalue weighted by Crippen LogP contribution is 2.26. The summed E-state index contributed by atoms with van der Waals surface area (Å²) in [5.74, 6) is 1.69. The van der Waals surface area contributed by atoms with Gasteiger partial charge in [0, 0.05) is 11.6 Å². The molecule has 0 amide bonds. The van der Waals surface area contributed by atoms with Crippen LogP contribution in [0.4, 0.5) is 0 Å². The molecule has 1 aromatic rings. The zero-order valence-electron chi connectivity index (χ0n) is 10.6. The number of aromatic amines is 1. The molecule has 1 fully saturated rings. The van der Waals surface area contributed by atoms with Gasteiger partial charge in [0.1, 0.15) is 10.5 Å². The van der Waals surface area contributed by atoms with Gasteiger partial charge in [-0.2, -0.15) is 0 Å². The van der Waals surface area contributed by atoms with E-state index in [0.29, 0.717) is 17.0 Å². The lowest BCUT2D eigenvalue weighted by molar-refractivity contribution is 0.600. The van der Waals surface area contributed by atoms with Gasteiger partial charge in [0.2, 0.25) is 0 Å². The molecule has 0 saturated carbocycles. The van der Waals surface area contributed by atoms with Gasteiger partial charge in [0.15, 0.2) is 9.84 Å². The third kappa shape index (κ3) is 3.38. The molecule has 2 rings (SSSR count). The maximum absolute atomic E-state index is 11.5. The van der Waals surface area contributed by atoms with Crippen molar-refractivity contribution in [2.75, 3.05) is 11.5 Å². The van der Waals surface area contributed by atoms with E-state index in [2.05, 4.69) is 23.8 Å². The van der Waals surface area contributed by atoms with E-state index in [1.54, 1.807) is 0 Å². The molecule has 18 heavy (non-hydrogen) atoms. The Hall–Kier alpha value is -0.750. The van der Waals surface area contributed by atoms with Gasteiger partial charge in [0.05, 0.1) is 11.5 Å². The Bertz CT molecular complexity index is 590. The van der Waals surface area contributed by atoms with Crippen molar-refractivity contribution >= 4 is 22.1 Å². The van der Waals surface area contributed by atoms with Crippen LogP contribution < -0.4 is 0 Å². The first kappa shape index (κ1) is 13.7. The predicted molar refractivity (Wildman–Crippen MR) is 74.0 cm³/mol. The van der Waals surface area contributed by atoms with E-state index in [-0.39, 0.29) is 17.4 Å². The lowest BCUT2D eigenvalue weighted by atomic mass is 10.1. The fraction of sp³-hybridized carbons (Fsp3) is 0.667. The van der Waals surface area contributed by atoms with E-state index >= 15 is 0 Å². The van der Waals surface area contributed by atoms with Gasteiger partial charge in [-0.05, 0) is 24.8 Å². The van der Waals surface area contributed by atoms with Crippen molar-refractivity contribution in [2.24, 2.45) is 5.92 Å². The summed E-state index contributed by atoms with van der Waals surface area (Å²) in [4.78, 5) is 7.54. The first-order chi connectivity index (χ1) is 8.35. The second-order valence-electron chi connectivity index (χ2n) is 5.33. The van der Waals surface area contributed by atoms with Crippen LogP contribution in [0, 0.1) is 10.6 Å². The Morgan fingerprint density at radius 1 is 1.56 bits per heavy atom. The van der Waals surface area contributed by atoms with Gasteiger partial charge in [-0.3, -0.25) is 0 Å². The summed E-state index contributed by atoms with van der Waals surface area (Å²) in [5, 5.41) is 0. The molecule has 4 nitrogen and oxygen atoms in total. The molecule has 6 heteroatoms. The van der Waals surface area contributed by atoms with Crippen LogP contribution in [0.1, 0.15) is 37.7 Å². The molecule has 0 bridgehead atoms. The van der Waals surface area contributed by atoms with E-state index in [0.717, 1.165) is 17.9 Å². The number of nitrogens with zero attached hydrogens (tertiary/aromatic N) is 1. The Morgan fingerprint density at radius 2 is 2.28 bits per heavy atom. The van der Waals surface area contributed by atoms with Crippen molar-refractivity contribution < 1.29 is 8.42 Å². The fourth-order valence-corrected chi connectivity index (χ4v) is 4.27. The number of hydrogen-bond acceptors (Lipinski definition) is 4. The topological polar surface area (TPSA) is 62.8 Å². The number of nitrogens with one attached hydrogen (secondary N) is 1. The van der Waals surface area contributed by atoms with Crippen LogP contribution >= 0.6 is 12.2 Å². The molecule has 0 spiro atoms. The lowest BCUT2D eigenvalue weighted by Gasteiger charge is -2.11. The predicted octanol–water partition coefficient (Wildman–Crippen LogP) is 2.24. The van der Waals surface area contributed by atoms with Gasteiger partial charge >= 0.3 is 0 Å². The average Bonchev–Trinajstić information content (AvgIpc) is 2.57. The molecule has 2 heterocycles. The van der Waals surface area contributed by atoms with Crippen molar-refractivity contribution in [1.82, 2.24) is 9.97 Å². The number of aromatic nitrogens is 2. The molecule has 1 aromatic heterocycles. The highest BCUT2D eigenvalue weighted by Gasteiger charge is 2.30. The molecule has 1 atom stereocenters. The van der Waals surface area contributed by atoms with Gasteiger partial charge in [0.25, 0.3) is 0 Å². The van der Waals surface area contributed by atoms with E-state index in [1.165, 1.54) is 0 Å². The molecule has 1 N–H and O–H groups in total. The van der Waals surface area contributed by atoms with Crippen LogP contribution in [0.15, 0.2) is 6.07 Å². The lowest BCUT2D eigenvalue weighted by Crippen LogP contribution is -2.10. The quantitative estimate of drug-likeness (QED) is 0.866. The Balaban J connectivity index is 2.29. The standard InChI is InChI=1S/C12H18N2O2S2/c1-8(2)5-10-6-11(17)14-12(13-10)9-3-4-18(15,16)7-9/h6,8-9H,3-5,7H2,1-2H3,(H,13,14,17). The van der Waals surface area contributed by atoms with E-state index in [4.69, 9.17) is 12.2 Å². The maximum atomic E-state index is 11.5. The summed E-state index contributed by atoms with van der Waals surface area (Å²) >= 11 is 5.15. The molecule has 0 aliphatic carbocycles. The second-order valence-corrected chi connectivity index (χ2v) is 7.97. The normalized spacial score (nSPS) is 22.5. The van der Waals surface area contributed by atoms with Crippen molar-refractivity contribution in [3.8, 4) is 0 Å². The van der Waals surface area contributed by atoms with Crippen LogP contribution in [-0.4, -0.2) is 29.9 Å². The largest absolute Gasteiger partial charge is 0.347 e. The van der Waals surface area contributed by atoms with Crippen LogP contribution in [0.2, 0.25) is 0 Å². The van der Waals surface area contributed by atoms with Gasteiger partial charge in [-0.15, -0.1) is 0 Å². The van der Waals surface area contributed by atoms with Crippen LogP contribution in [-0.2, 0) is 16.3 Å². The minimum atomic E-state index is -2.89. The Kier molecular flexibility index (Phi) is 3.87. The van der Waals surface area contributed by atoms with E-state index < -0.39 is 9.84 Å². The van der Waals surface area contributed by atoms with Crippen molar-refractivity contribution in [3.05, 3.63) is 22.2 Å². The molecular formula is C12H18N2O2S2. The molecule has 0 aromatic carbocycles. The Labute approximate surface area is 113 Å². The van der Waals surface area contributed by atoms with E-state index in [1.807, 2.05) is 6.07 Å². The summed E-state index contributed by atoms with van der Waals surface area (Å²) in [6.45, 7) is 4.27. The molecule has 100 valence electrons. The minimum Gasteiger partial charge on any atom is -0.347 e. The van der Waals surface area contributed by atoms with Gasteiger partial charge in [-0.25, -0.2) is 13.4 Å². The Morgan fingerprint density at radius 3 is 2.83 bits per heavy atom. The van der Waals surface area contributed by atoms with Crippen molar-refractivity contribution in [1.29, 1.82) is 0 Å². The monoisotopic (exact) mass is 286 g/mol. The summed E-state index contributed by atoms with van der Waals surface area (Å²) in [5.41, 5.74) is 1.05. The molecule has 1 unspecified atom stereocenters. The maximum Gasteiger partial charge on any atom is 0.151 e. The number of rotatable bonds is 3. The molecular weight excluding hydrogens is 268 g/mol. The number of H-pyrrole nitrogens is 1. The van der Waals surface area contributed by atoms with Crippen LogP contribution in [0.25, 0.3) is 0 Å². The smallest absolute Gasteiger partial charge is 0.151 e. The van der Waals surface area contributed by atoms with Crippen LogP contribution in [0.5, 0.6) is 0 Å². The molecule has 0 radical (unpaired) electrons. The van der Waals surface area contributed by atoms with Gasteiger partial charge < -0.3 is 4.98 Å². The summed E-state index contributed by atoms with van der Waals surface area (Å²) in [7, 11) is -2.89. The highest BCUT2D eigenvalue weighted by atomic mass is 32.2. The first-order valence-electron chi connectivity index (χ1n) is 6.16. The second kappa shape index (κ2) is 5.09. The third-order valence-electron chi connectivity index (χ3n) is 3.06. The highest BCUT2D eigenvalue weighted by molar-refractivity contribution is 7.91. The minimum absolute atomic E-state index is 0.0242. The molecule has 1 saturated heterocycles. The number of sulfone groups is 1. The third-order valence-corrected chi connectivity index (χ3v) is 5.04. The SMILES string of the molecule is CC(C)Cc1cc(=S)nc(C2CCS(=O)(=O)C2)[nH]1. The van der Waals surface area contributed by atoms with E-state index in [9.17, 15) is 8.42 Å². The zero-order valence-corrected chi connectivity index (χ0v) is 12.3. The summed E-state index contributed by atoms with van der Waals surface area (Å²) in [6, 6.07) is 1.86. The number of hydrogen-bond donors (Lipinski definition) is 1. The fourth-order valence-electron chi connectivity index (χ4n) is 2.28. The molecule has 1 aliphatic heterocycles. The molecule has 1 aliphatic rings. The summed E-state index contributed by atoms with van der Waals surface area (Å²) in [6.07, 6.45) is 1.55. The van der Waals surface area contributed by atoms with Crippen molar-refractivity contribution in [3.63, 3.8) is 0 Å².